The van der Waals surface area contributed by atoms with Crippen molar-refractivity contribution in [3.8, 4) is 11.5 Å². The Bertz CT molecular complexity index is 443. The standard InChI is InChI=1S/C10H9NO5/c12-9(10(13)14)11-4-6-1-2-7-8(3-6)16-5-15-7/h1-3H,4-5H2,(H,11,12)(H,13,14). The van der Waals surface area contributed by atoms with Crippen molar-refractivity contribution >= 4 is 11.9 Å². The zero-order valence-electron chi connectivity index (χ0n) is 8.23. The molecule has 0 saturated carbocycles. The predicted molar refractivity (Wildman–Crippen MR) is 52.0 cm³/mol. The molecule has 6 heteroatoms. The summed E-state index contributed by atoms with van der Waals surface area (Å²) in [7, 11) is 0. The third kappa shape index (κ3) is 2.05. The second kappa shape index (κ2) is 4.09. The minimum Gasteiger partial charge on any atom is -0.474 e. The SMILES string of the molecule is O=C(O)C(=O)NCc1ccc2c(c1)OCO2. The third-order valence-electron chi connectivity index (χ3n) is 2.08. The number of rotatable bonds is 2. The molecule has 2 N–H and O–H groups in total. The molecule has 1 aromatic rings. The first-order chi connectivity index (χ1) is 7.66. The van der Waals surface area contributed by atoms with Crippen LogP contribution in [-0.4, -0.2) is 23.8 Å². The average Bonchev–Trinajstić information content (AvgIpc) is 2.72. The summed E-state index contributed by atoms with van der Waals surface area (Å²) in [5.41, 5.74) is 0.749. The molecule has 1 amide bonds. The number of ether oxygens (including phenoxy) is 2. The van der Waals surface area contributed by atoms with Gasteiger partial charge >= 0.3 is 11.9 Å². The molecule has 84 valence electrons. The topological polar surface area (TPSA) is 84.9 Å². The van der Waals surface area contributed by atoms with Crippen LogP contribution in [-0.2, 0) is 16.1 Å². The van der Waals surface area contributed by atoms with Crippen molar-refractivity contribution in [1.29, 1.82) is 0 Å². The highest BCUT2D eigenvalue weighted by Crippen LogP contribution is 2.32. The summed E-state index contributed by atoms with van der Waals surface area (Å²) in [6, 6.07) is 5.14. The van der Waals surface area contributed by atoms with Crippen molar-refractivity contribution in [3.05, 3.63) is 23.8 Å². The van der Waals surface area contributed by atoms with Crippen molar-refractivity contribution in [2.75, 3.05) is 6.79 Å². The van der Waals surface area contributed by atoms with Gasteiger partial charge in [-0.3, -0.25) is 4.79 Å². The number of aliphatic carboxylic acids is 1. The number of nitrogens with one attached hydrogen (secondary N) is 1. The van der Waals surface area contributed by atoms with Crippen LogP contribution in [0.15, 0.2) is 18.2 Å². The minimum atomic E-state index is -1.50. The molecule has 0 aromatic heterocycles. The molecule has 0 saturated heterocycles. The van der Waals surface area contributed by atoms with Gasteiger partial charge in [0.15, 0.2) is 11.5 Å². The van der Waals surface area contributed by atoms with Gasteiger partial charge in [0.05, 0.1) is 0 Å². The van der Waals surface area contributed by atoms with Crippen LogP contribution in [0.2, 0.25) is 0 Å². The molecular weight excluding hydrogens is 214 g/mol. The molecule has 0 unspecified atom stereocenters. The van der Waals surface area contributed by atoms with Crippen LogP contribution in [0.1, 0.15) is 5.56 Å². The summed E-state index contributed by atoms with van der Waals surface area (Å²) in [6.07, 6.45) is 0. The molecule has 0 bridgehead atoms. The molecule has 1 aliphatic rings. The highest BCUT2D eigenvalue weighted by atomic mass is 16.7. The van der Waals surface area contributed by atoms with Gasteiger partial charge in [-0.25, -0.2) is 4.79 Å². The molecule has 0 spiro atoms. The predicted octanol–water partition coefficient (Wildman–Crippen LogP) is 0.116. The lowest BCUT2D eigenvalue weighted by molar-refractivity contribution is -0.150. The summed E-state index contributed by atoms with van der Waals surface area (Å²) >= 11 is 0. The van der Waals surface area contributed by atoms with Gasteiger partial charge in [0.25, 0.3) is 0 Å². The number of amides is 1. The Kier molecular flexibility index (Phi) is 2.63. The second-order valence-electron chi connectivity index (χ2n) is 3.18. The molecule has 1 heterocycles. The number of carboxylic acids is 1. The molecule has 6 nitrogen and oxygen atoms in total. The fraction of sp³-hybridized carbons (Fsp3) is 0.200. The van der Waals surface area contributed by atoms with Gasteiger partial charge in [0, 0.05) is 6.54 Å². The zero-order valence-corrected chi connectivity index (χ0v) is 8.23. The summed E-state index contributed by atoms with van der Waals surface area (Å²) < 4.78 is 10.3. The average molecular weight is 223 g/mol. The first kappa shape index (κ1) is 10.3. The number of hydrogen-bond acceptors (Lipinski definition) is 4. The lowest BCUT2D eigenvalue weighted by Crippen LogP contribution is -2.29. The number of carbonyl (C=O) groups is 2. The van der Waals surface area contributed by atoms with Crippen LogP contribution in [0, 0.1) is 0 Å². The van der Waals surface area contributed by atoms with Crippen LogP contribution >= 0.6 is 0 Å². The Morgan fingerprint density at radius 1 is 1.31 bits per heavy atom. The first-order valence-electron chi connectivity index (χ1n) is 4.56. The van der Waals surface area contributed by atoms with E-state index in [1.165, 1.54) is 0 Å². The molecule has 0 aliphatic carbocycles. The van der Waals surface area contributed by atoms with Crippen LogP contribution < -0.4 is 14.8 Å². The molecule has 0 fully saturated rings. The first-order valence-corrected chi connectivity index (χ1v) is 4.56. The number of carboxylic acid groups (broad SMARTS) is 1. The number of carbonyl (C=O) groups excluding carboxylic acids is 1. The molecule has 16 heavy (non-hydrogen) atoms. The minimum absolute atomic E-state index is 0.141. The smallest absolute Gasteiger partial charge is 0.394 e. The quantitative estimate of drug-likeness (QED) is 0.695. The van der Waals surface area contributed by atoms with Crippen LogP contribution in [0.5, 0.6) is 11.5 Å². The Labute approximate surface area is 90.8 Å². The van der Waals surface area contributed by atoms with Gasteiger partial charge in [0.1, 0.15) is 0 Å². The summed E-state index contributed by atoms with van der Waals surface area (Å²) in [5, 5.41) is 10.6. The molecule has 0 radical (unpaired) electrons. The fourth-order valence-corrected chi connectivity index (χ4v) is 1.31. The Balaban J connectivity index is 2.00. The van der Waals surface area contributed by atoms with Gasteiger partial charge in [-0.05, 0) is 17.7 Å². The Hall–Kier alpha value is -2.24. The van der Waals surface area contributed by atoms with E-state index in [1.54, 1.807) is 18.2 Å². The molecule has 1 aliphatic heterocycles. The normalized spacial score (nSPS) is 12.2. The summed E-state index contributed by atoms with van der Waals surface area (Å²) in [6.45, 7) is 0.321. The zero-order chi connectivity index (χ0) is 11.5. The van der Waals surface area contributed by atoms with E-state index in [1.807, 2.05) is 0 Å². The number of benzene rings is 1. The van der Waals surface area contributed by atoms with E-state index in [9.17, 15) is 9.59 Å². The van der Waals surface area contributed by atoms with Gasteiger partial charge < -0.3 is 19.9 Å². The third-order valence-corrected chi connectivity index (χ3v) is 2.08. The maximum absolute atomic E-state index is 10.8. The second-order valence-corrected chi connectivity index (χ2v) is 3.18. The molecule has 1 aromatic carbocycles. The van der Waals surface area contributed by atoms with E-state index in [-0.39, 0.29) is 13.3 Å². The van der Waals surface area contributed by atoms with Crippen LogP contribution in [0.3, 0.4) is 0 Å². The fourth-order valence-electron chi connectivity index (χ4n) is 1.31. The monoisotopic (exact) mass is 223 g/mol. The lowest BCUT2D eigenvalue weighted by atomic mass is 10.2. The van der Waals surface area contributed by atoms with E-state index in [2.05, 4.69) is 5.32 Å². The van der Waals surface area contributed by atoms with E-state index < -0.39 is 11.9 Å². The van der Waals surface area contributed by atoms with Crippen molar-refractivity contribution in [1.82, 2.24) is 5.32 Å². The van der Waals surface area contributed by atoms with Gasteiger partial charge in [-0.15, -0.1) is 0 Å². The molecule has 2 rings (SSSR count). The molecular formula is C10H9NO5. The number of fused-ring (bicyclic) bond motifs is 1. The lowest BCUT2D eigenvalue weighted by Gasteiger charge is -2.03. The highest BCUT2D eigenvalue weighted by molar-refractivity contribution is 6.31. The summed E-state index contributed by atoms with van der Waals surface area (Å²) in [4.78, 5) is 21.0. The van der Waals surface area contributed by atoms with E-state index in [0.29, 0.717) is 11.5 Å². The van der Waals surface area contributed by atoms with Gasteiger partial charge in [-0.1, -0.05) is 6.07 Å². The maximum atomic E-state index is 10.8. The Morgan fingerprint density at radius 3 is 2.81 bits per heavy atom. The van der Waals surface area contributed by atoms with E-state index >= 15 is 0 Å². The Morgan fingerprint density at radius 2 is 2.06 bits per heavy atom. The van der Waals surface area contributed by atoms with Crippen molar-refractivity contribution in [2.45, 2.75) is 6.54 Å². The molecule has 0 atom stereocenters. The largest absolute Gasteiger partial charge is 0.474 e. The highest BCUT2D eigenvalue weighted by Gasteiger charge is 2.14. The van der Waals surface area contributed by atoms with Crippen molar-refractivity contribution in [3.63, 3.8) is 0 Å². The van der Waals surface area contributed by atoms with Gasteiger partial charge in [0.2, 0.25) is 6.79 Å². The number of hydrogen-bond donors (Lipinski definition) is 2. The summed E-state index contributed by atoms with van der Waals surface area (Å²) in [5.74, 6) is -1.28. The maximum Gasteiger partial charge on any atom is 0.394 e. The van der Waals surface area contributed by atoms with Crippen LogP contribution in [0.4, 0.5) is 0 Å². The van der Waals surface area contributed by atoms with E-state index in [4.69, 9.17) is 14.6 Å². The van der Waals surface area contributed by atoms with E-state index in [0.717, 1.165) is 5.56 Å². The van der Waals surface area contributed by atoms with Gasteiger partial charge in [-0.2, -0.15) is 0 Å². The van der Waals surface area contributed by atoms with Crippen molar-refractivity contribution < 1.29 is 24.2 Å². The van der Waals surface area contributed by atoms with Crippen molar-refractivity contribution in [2.24, 2.45) is 0 Å². The van der Waals surface area contributed by atoms with Crippen LogP contribution in [0.25, 0.3) is 0 Å².